The molecule has 24 heavy (non-hydrogen) atoms. The molecule has 2 heterocycles. The van der Waals surface area contributed by atoms with Gasteiger partial charge in [-0.25, -0.2) is 4.68 Å². The van der Waals surface area contributed by atoms with E-state index in [0.717, 1.165) is 5.69 Å². The highest BCUT2D eigenvalue weighted by Gasteiger charge is 2.34. The van der Waals surface area contributed by atoms with Crippen molar-refractivity contribution in [3.05, 3.63) is 35.7 Å². The van der Waals surface area contributed by atoms with Gasteiger partial charge in [-0.3, -0.25) is 4.79 Å². The van der Waals surface area contributed by atoms with Crippen LogP contribution in [0.3, 0.4) is 0 Å². The van der Waals surface area contributed by atoms with Gasteiger partial charge in [0, 0.05) is 26.3 Å². The molecule has 1 aliphatic rings. The Morgan fingerprint density at radius 3 is 2.71 bits per heavy atom. The number of carbonyl (C=O) groups excluding carboxylic acids is 1. The third-order valence-corrected chi connectivity index (χ3v) is 4.01. The number of hydrogen-bond donors (Lipinski definition) is 0. The summed E-state index contributed by atoms with van der Waals surface area (Å²) in [6.45, 7) is 1.60. The second-order valence-corrected chi connectivity index (χ2v) is 5.55. The van der Waals surface area contributed by atoms with Crippen molar-refractivity contribution < 1.29 is 19.0 Å². The van der Waals surface area contributed by atoms with Gasteiger partial charge >= 0.3 is 0 Å². The number of hydrogen-bond acceptors (Lipinski definition) is 6. The van der Waals surface area contributed by atoms with Gasteiger partial charge in [0.05, 0.1) is 38.6 Å². The molecule has 1 aliphatic heterocycles. The summed E-state index contributed by atoms with van der Waals surface area (Å²) in [4.78, 5) is 14.4. The van der Waals surface area contributed by atoms with Crippen molar-refractivity contribution in [2.75, 3.05) is 34.4 Å². The number of benzene rings is 1. The first-order valence-electron chi connectivity index (χ1n) is 7.57. The van der Waals surface area contributed by atoms with E-state index in [-0.39, 0.29) is 11.9 Å². The van der Waals surface area contributed by atoms with E-state index in [2.05, 4.69) is 10.3 Å². The van der Waals surface area contributed by atoms with E-state index < -0.39 is 0 Å². The molecule has 8 heteroatoms. The minimum atomic E-state index is -0.0667. The quantitative estimate of drug-likeness (QED) is 0.789. The molecule has 8 nitrogen and oxygen atoms in total. The van der Waals surface area contributed by atoms with Crippen molar-refractivity contribution in [1.82, 2.24) is 19.9 Å². The molecule has 0 unspecified atom stereocenters. The lowest BCUT2D eigenvalue weighted by atomic mass is 10.1. The first kappa shape index (κ1) is 16.3. The highest BCUT2D eigenvalue weighted by molar-refractivity contribution is 5.97. The van der Waals surface area contributed by atoms with E-state index in [1.807, 2.05) is 6.20 Å². The summed E-state index contributed by atoms with van der Waals surface area (Å²) in [6, 6.07) is 5.32. The van der Waals surface area contributed by atoms with Crippen LogP contribution in [0.4, 0.5) is 0 Å². The maximum absolute atomic E-state index is 12.6. The Morgan fingerprint density at radius 1 is 1.25 bits per heavy atom. The molecule has 0 N–H and O–H groups in total. The van der Waals surface area contributed by atoms with Crippen LogP contribution in [0.1, 0.15) is 22.1 Å². The molecule has 3 rings (SSSR count). The Morgan fingerprint density at radius 2 is 2.04 bits per heavy atom. The number of amides is 1. The topological polar surface area (TPSA) is 78.7 Å². The SMILES string of the molecule is COCc1cn(C2CN(C(=O)c3ccc(OC)cc3OC)C2)nn1. The van der Waals surface area contributed by atoms with Crippen molar-refractivity contribution in [2.45, 2.75) is 12.6 Å². The lowest BCUT2D eigenvalue weighted by Gasteiger charge is -2.39. The predicted molar refractivity (Wildman–Crippen MR) is 85.2 cm³/mol. The van der Waals surface area contributed by atoms with Crippen LogP contribution in [-0.4, -0.2) is 60.2 Å². The summed E-state index contributed by atoms with van der Waals surface area (Å²) in [6.07, 6.45) is 1.85. The fourth-order valence-corrected chi connectivity index (χ4v) is 2.64. The third kappa shape index (κ3) is 3.05. The zero-order valence-corrected chi connectivity index (χ0v) is 13.9. The average molecular weight is 332 g/mol. The van der Waals surface area contributed by atoms with Gasteiger partial charge in [-0.15, -0.1) is 5.10 Å². The first-order valence-corrected chi connectivity index (χ1v) is 7.57. The molecular weight excluding hydrogens is 312 g/mol. The van der Waals surface area contributed by atoms with Crippen molar-refractivity contribution in [2.24, 2.45) is 0 Å². The van der Waals surface area contributed by atoms with Gasteiger partial charge in [-0.1, -0.05) is 5.21 Å². The highest BCUT2D eigenvalue weighted by Crippen LogP contribution is 2.29. The van der Waals surface area contributed by atoms with E-state index in [4.69, 9.17) is 14.2 Å². The summed E-state index contributed by atoms with van der Waals surface area (Å²) in [7, 11) is 4.73. The first-order chi connectivity index (χ1) is 11.7. The van der Waals surface area contributed by atoms with E-state index in [1.54, 1.807) is 42.0 Å². The number of likely N-dealkylation sites (tertiary alicyclic amines) is 1. The molecule has 0 atom stereocenters. The number of ether oxygens (including phenoxy) is 3. The fraction of sp³-hybridized carbons (Fsp3) is 0.438. The summed E-state index contributed by atoms with van der Waals surface area (Å²) in [5, 5.41) is 8.12. The van der Waals surface area contributed by atoms with Crippen LogP contribution in [-0.2, 0) is 11.3 Å². The summed E-state index contributed by atoms with van der Waals surface area (Å²) < 4.78 is 17.3. The monoisotopic (exact) mass is 332 g/mol. The minimum Gasteiger partial charge on any atom is -0.497 e. The molecule has 0 spiro atoms. The van der Waals surface area contributed by atoms with Crippen LogP contribution >= 0.6 is 0 Å². The van der Waals surface area contributed by atoms with Gasteiger partial charge in [-0.2, -0.15) is 0 Å². The van der Waals surface area contributed by atoms with E-state index >= 15 is 0 Å². The Labute approximate surface area is 139 Å². The molecule has 1 aromatic carbocycles. The van der Waals surface area contributed by atoms with Crippen molar-refractivity contribution in [3.63, 3.8) is 0 Å². The second kappa shape index (κ2) is 6.88. The Bertz CT molecular complexity index is 725. The number of nitrogens with zero attached hydrogens (tertiary/aromatic N) is 4. The predicted octanol–water partition coefficient (Wildman–Crippen LogP) is 1.14. The standard InChI is InChI=1S/C16H20N4O4/c1-22-10-11-7-20(18-17-11)12-8-19(9-12)16(21)14-5-4-13(23-2)6-15(14)24-3/h4-7,12H,8-10H2,1-3H3. The van der Waals surface area contributed by atoms with Gasteiger partial charge in [-0.05, 0) is 12.1 Å². The van der Waals surface area contributed by atoms with Gasteiger partial charge in [0.2, 0.25) is 0 Å². The summed E-state index contributed by atoms with van der Waals surface area (Å²) >= 11 is 0. The minimum absolute atomic E-state index is 0.0667. The van der Waals surface area contributed by atoms with Crippen molar-refractivity contribution >= 4 is 5.91 Å². The van der Waals surface area contributed by atoms with E-state index in [1.165, 1.54) is 7.11 Å². The maximum atomic E-state index is 12.6. The largest absolute Gasteiger partial charge is 0.497 e. The molecule has 1 amide bonds. The van der Waals surface area contributed by atoms with Crippen LogP contribution < -0.4 is 9.47 Å². The summed E-state index contributed by atoms with van der Waals surface area (Å²) in [5.41, 5.74) is 1.30. The molecule has 1 saturated heterocycles. The van der Waals surface area contributed by atoms with Gasteiger partial charge in [0.1, 0.15) is 17.2 Å². The highest BCUT2D eigenvalue weighted by atomic mass is 16.5. The Hall–Kier alpha value is -2.61. The van der Waals surface area contributed by atoms with Crippen LogP contribution in [0.25, 0.3) is 0 Å². The van der Waals surface area contributed by atoms with Crippen molar-refractivity contribution in [1.29, 1.82) is 0 Å². The van der Waals surface area contributed by atoms with Crippen LogP contribution in [0, 0.1) is 0 Å². The summed E-state index contributed by atoms with van der Waals surface area (Å²) in [5.74, 6) is 1.09. The third-order valence-electron chi connectivity index (χ3n) is 4.01. The smallest absolute Gasteiger partial charge is 0.257 e. The van der Waals surface area contributed by atoms with Crippen LogP contribution in [0.2, 0.25) is 0 Å². The van der Waals surface area contributed by atoms with Gasteiger partial charge < -0.3 is 19.1 Å². The number of rotatable bonds is 6. The molecule has 2 aromatic rings. The molecule has 0 radical (unpaired) electrons. The molecule has 1 fully saturated rings. The Balaban J connectivity index is 1.66. The molecule has 0 saturated carbocycles. The van der Waals surface area contributed by atoms with Crippen LogP contribution in [0.15, 0.2) is 24.4 Å². The van der Waals surface area contributed by atoms with Crippen molar-refractivity contribution in [3.8, 4) is 11.5 Å². The van der Waals surface area contributed by atoms with E-state index in [0.29, 0.717) is 36.8 Å². The fourth-order valence-electron chi connectivity index (χ4n) is 2.64. The molecular formula is C16H20N4O4. The zero-order chi connectivity index (χ0) is 17.1. The molecule has 1 aromatic heterocycles. The lowest BCUT2D eigenvalue weighted by Crippen LogP contribution is -2.51. The second-order valence-electron chi connectivity index (χ2n) is 5.55. The normalized spacial score (nSPS) is 14.4. The lowest BCUT2D eigenvalue weighted by molar-refractivity contribution is 0.0495. The van der Waals surface area contributed by atoms with Gasteiger partial charge in [0.25, 0.3) is 5.91 Å². The maximum Gasteiger partial charge on any atom is 0.257 e. The van der Waals surface area contributed by atoms with E-state index in [9.17, 15) is 4.79 Å². The number of methoxy groups -OCH3 is 3. The molecule has 0 bridgehead atoms. The van der Waals surface area contributed by atoms with Crippen LogP contribution in [0.5, 0.6) is 11.5 Å². The zero-order valence-electron chi connectivity index (χ0n) is 13.9. The van der Waals surface area contributed by atoms with Gasteiger partial charge in [0.15, 0.2) is 0 Å². The molecule has 128 valence electrons. The number of carbonyl (C=O) groups is 1. The number of aromatic nitrogens is 3. The Kier molecular flexibility index (Phi) is 4.66. The molecule has 0 aliphatic carbocycles. The average Bonchev–Trinajstić information content (AvgIpc) is 3.01.